The number of nitrogens with one attached hydrogen (secondary N) is 1. The minimum Gasteiger partial charge on any atom is -0.399 e. The fourth-order valence-electron chi connectivity index (χ4n) is 1.59. The van der Waals surface area contributed by atoms with Crippen LogP contribution >= 0.6 is 11.8 Å². The van der Waals surface area contributed by atoms with Gasteiger partial charge in [0.1, 0.15) is 11.4 Å². The number of nitrogen functional groups attached to an aromatic ring is 1. The SMILES string of the molecule is Cc1ccc(N)cc1NC(=O)C(C)Sc1ccncn1. The van der Waals surface area contributed by atoms with Gasteiger partial charge in [-0.25, -0.2) is 9.97 Å². The molecule has 3 N–H and O–H groups in total. The van der Waals surface area contributed by atoms with E-state index in [1.807, 2.05) is 26.0 Å². The Bertz CT molecular complexity index is 603. The van der Waals surface area contributed by atoms with E-state index in [0.29, 0.717) is 5.69 Å². The van der Waals surface area contributed by atoms with E-state index in [1.54, 1.807) is 18.3 Å². The van der Waals surface area contributed by atoms with Crippen molar-refractivity contribution in [2.45, 2.75) is 24.1 Å². The van der Waals surface area contributed by atoms with Crippen molar-refractivity contribution in [2.75, 3.05) is 11.1 Å². The first kappa shape index (κ1) is 14.3. The lowest BCUT2D eigenvalue weighted by Crippen LogP contribution is -2.23. The number of thioether (sulfide) groups is 1. The molecule has 104 valence electrons. The molecule has 5 nitrogen and oxygen atoms in total. The number of nitrogens with zero attached hydrogens (tertiary/aromatic N) is 2. The minimum absolute atomic E-state index is 0.0812. The Kier molecular flexibility index (Phi) is 4.57. The lowest BCUT2D eigenvalue weighted by atomic mass is 10.2. The maximum atomic E-state index is 12.2. The number of rotatable bonds is 4. The summed E-state index contributed by atoms with van der Waals surface area (Å²) in [6.45, 7) is 3.76. The van der Waals surface area contributed by atoms with E-state index in [9.17, 15) is 4.79 Å². The summed E-state index contributed by atoms with van der Waals surface area (Å²) in [6, 6.07) is 7.23. The summed E-state index contributed by atoms with van der Waals surface area (Å²) in [6.07, 6.45) is 3.12. The van der Waals surface area contributed by atoms with E-state index >= 15 is 0 Å². The second kappa shape index (κ2) is 6.38. The number of amides is 1. The van der Waals surface area contributed by atoms with Gasteiger partial charge in [-0.15, -0.1) is 0 Å². The Morgan fingerprint density at radius 1 is 1.40 bits per heavy atom. The smallest absolute Gasteiger partial charge is 0.237 e. The summed E-state index contributed by atoms with van der Waals surface area (Å²) < 4.78 is 0. The fraction of sp³-hybridized carbons (Fsp3) is 0.214. The van der Waals surface area contributed by atoms with Crippen molar-refractivity contribution in [1.29, 1.82) is 0 Å². The Labute approximate surface area is 122 Å². The molecular weight excluding hydrogens is 272 g/mol. The molecule has 1 aromatic heterocycles. The molecule has 2 aromatic rings. The molecule has 1 heterocycles. The van der Waals surface area contributed by atoms with Crippen molar-refractivity contribution < 1.29 is 4.79 Å². The highest BCUT2D eigenvalue weighted by atomic mass is 32.2. The second-order valence-corrected chi connectivity index (χ2v) is 5.73. The van der Waals surface area contributed by atoms with Gasteiger partial charge in [-0.1, -0.05) is 17.8 Å². The number of benzene rings is 1. The average molecular weight is 288 g/mol. The summed E-state index contributed by atoms with van der Waals surface area (Å²) in [5.74, 6) is -0.0812. The molecule has 0 bridgehead atoms. The molecule has 1 unspecified atom stereocenters. The van der Waals surface area contributed by atoms with Crippen LogP contribution in [0, 0.1) is 6.92 Å². The van der Waals surface area contributed by atoms with Crippen LogP contribution in [0.3, 0.4) is 0 Å². The van der Waals surface area contributed by atoms with Crippen LogP contribution in [0.5, 0.6) is 0 Å². The van der Waals surface area contributed by atoms with Crippen LogP contribution < -0.4 is 11.1 Å². The highest BCUT2D eigenvalue weighted by Gasteiger charge is 2.16. The van der Waals surface area contributed by atoms with Gasteiger partial charge in [-0.2, -0.15) is 0 Å². The third kappa shape index (κ3) is 3.71. The van der Waals surface area contributed by atoms with Gasteiger partial charge in [0.15, 0.2) is 0 Å². The van der Waals surface area contributed by atoms with Gasteiger partial charge >= 0.3 is 0 Å². The first-order valence-electron chi connectivity index (χ1n) is 6.16. The van der Waals surface area contributed by atoms with E-state index in [-0.39, 0.29) is 11.2 Å². The lowest BCUT2D eigenvalue weighted by molar-refractivity contribution is -0.115. The van der Waals surface area contributed by atoms with Crippen LogP contribution in [0.15, 0.2) is 41.8 Å². The summed E-state index contributed by atoms with van der Waals surface area (Å²) >= 11 is 1.39. The topological polar surface area (TPSA) is 80.9 Å². The summed E-state index contributed by atoms with van der Waals surface area (Å²) in [5, 5.41) is 3.40. The molecule has 0 aliphatic carbocycles. The fourth-order valence-corrected chi connectivity index (χ4v) is 2.37. The molecule has 0 radical (unpaired) electrons. The third-order valence-electron chi connectivity index (χ3n) is 2.74. The number of nitrogens with two attached hydrogens (primary N) is 1. The normalized spacial score (nSPS) is 11.9. The third-order valence-corrected chi connectivity index (χ3v) is 3.79. The Balaban J connectivity index is 2.02. The van der Waals surface area contributed by atoms with Gasteiger partial charge in [0, 0.05) is 17.6 Å². The highest BCUT2D eigenvalue weighted by Crippen LogP contribution is 2.23. The van der Waals surface area contributed by atoms with Gasteiger partial charge in [0.05, 0.1) is 5.25 Å². The second-order valence-electron chi connectivity index (χ2n) is 4.37. The summed E-state index contributed by atoms with van der Waals surface area (Å²) in [5.41, 5.74) is 8.08. The Morgan fingerprint density at radius 3 is 2.90 bits per heavy atom. The standard InChI is InChI=1S/C14H16N4OS/c1-9-3-4-11(15)7-12(9)18-14(19)10(2)20-13-5-6-16-8-17-13/h3-8,10H,15H2,1-2H3,(H,18,19). The van der Waals surface area contributed by atoms with Crippen LogP contribution in [0.2, 0.25) is 0 Å². The molecule has 0 spiro atoms. The zero-order valence-corrected chi connectivity index (χ0v) is 12.1. The van der Waals surface area contributed by atoms with Crippen molar-refractivity contribution in [1.82, 2.24) is 9.97 Å². The molecule has 1 atom stereocenters. The molecule has 0 saturated carbocycles. The molecular formula is C14H16N4OS. The number of aryl methyl sites for hydroxylation is 1. The van der Waals surface area contributed by atoms with Crippen molar-refractivity contribution in [3.05, 3.63) is 42.4 Å². The molecule has 1 aromatic carbocycles. The number of aromatic nitrogens is 2. The molecule has 0 saturated heterocycles. The van der Waals surface area contributed by atoms with Crippen LogP contribution in [0.25, 0.3) is 0 Å². The lowest BCUT2D eigenvalue weighted by Gasteiger charge is -2.13. The van der Waals surface area contributed by atoms with Crippen molar-refractivity contribution in [3.63, 3.8) is 0 Å². The van der Waals surface area contributed by atoms with Crippen molar-refractivity contribution in [3.8, 4) is 0 Å². The molecule has 6 heteroatoms. The molecule has 0 aliphatic heterocycles. The predicted molar refractivity (Wildman–Crippen MR) is 81.6 cm³/mol. The van der Waals surface area contributed by atoms with E-state index < -0.39 is 0 Å². The molecule has 0 aliphatic rings. The van der Waals surface area contributed by atoms with Gasteiger partial charge in [-0.3, -0.25) is 4.79 Å². The number of hydrogen-bond acceptors (Lipinski definition) is 5. The monoisotopic (exact) mass is 288 g/mol. The predicted octanol–water partition coefficient (Wildman–Crippen LogP) is 2.49. The van der Waals surface area contributed by atoms with Crippen LogP contribution in [0.1, 0.15) is 12.5 Å². The van der Waals surface area contributed by atoms with E-state index in [0.717, 1.165) is 16.3 Å². The number of carbonyl (C=O) groups is 1. The Hall–Kier alpha value is -2.08. The number of hydrogen-bond donors (Lipinski definition) is 2. The summed E-state index contributed by atoms with van der Waals surface area (Å²) in [4.78, 5) is 20.1. The van der Waals surface area contributed by atoms with Crippen molar-refractivity contribution in [2.24, 2.45) is 0 Å². The molecule has 0 fully saturated rings. The average Bonchev–Trinajstić information content (AvgIpc) is 2.44. The van der Waals surface area contributed by atoms with Gasteiger partial charge < -0.3 is 11.1 Å². The number of anilines is 2. The number of carbonyl (C=O) groups excluding carboxylic acids is 1. The van der Waals surface area contributed by atoms with Crippen molar-refractivity contribution >= 4 is 29.0 Å². The van der Waals surface area contributed by atoms with E-state index in [1.165, 1.54) is 18.1 Å². The summed E-state index contributed by atoms with van der Waals surface area (Å²) in [7, 11) is 0. The maximum Gasteiger partial charge on any atom is 0.237 e. The van der Waals surface area contributed by atoms with E-state index in [4.69, 9.17) is 5.73 Å². The molecule has 1 amide bonds. The van der Waals surface area contributed by atoms with Crippen LogP contribution in [-0.4, -0.2) is 21.1 Å². The minimum atomic E-state index is -0.259. The zero-order chi connectivity index (χ0) is 14.5. The molecule has 2 rings (SSSR count). The van der Waals surface area contributed by atoms with Crippen LogP contribution in [-0.2, 0) is 4.79 Å². The Morgan fingerprint density at radius 2 is 2.20 bits per heavy atom. The molecule has 20 heavy (non-hydrogen) atoms. The van der Waals surface area contributed by atoms with Gasteiger partial charge in [-0.05, 0) is 37.6 Å². The van der Waals surface area contributed by atoms with Crippen LogP contribution in [0.4, 0.5) is 11.4 Å². The van der Waals surface area contributed by atoms with Gasteiger partial charge in [0.2, 0.25) is 5.91 Å². The first-order valence-corrected chi connectivity index (χ1v) is 7.04. The van der Waals surface area contributed by atoms with Gasteiger partial charge in [0.25, 0.3) is 0 Å². The largest absolute Gasteiger partial charge is 0.399 e. The zero-order valence-electron chi connectivity index (χ0n) is 11.3. The first-order chi connectivity index (χ1) is 9.56. The quantitative estimate of drug-likeness (QED) is 0.513. The maximum absolute atomic E-state index is 12.2. The van der Waals surface area contributed by atoms with E-state index in [2.05, 4.69) is 15.3 Å². The highest BCUT2D eigenvalue weighted by molar-refractivity contribution is 8.00.